The van der Waals surface area contributed by atoms with Crippen molar-refractivity contribution < 1.29 is 22.0 Å². The Morgan fingerprint density at radius 2 is 1.50 bits per heavy atom. The van der Waals surface area contributed by atoms with Gasteiger partial charge in [-0.15, -0.1) is 0 Å². The van der Waals surface area contributed by atoms with E-state index < -0.39 is 21.0 Å². The first-order chi connectivity index (χ1) is 10.5. The monoisotopic (exact) mass is 334 g/mol. The second-order valence-corrected chi connectivity index (χ2v) is 7.24. The number of hydrogen-bond donors (Lipinski definition) is 0. The van der Waals surface area contributed by atoms with Crippen molar-refractivity contribution in [1.29, 1.82) is 0 Å². The Morgan fingerprint density at radius 1 is 0.909 bits per heavy atom. The van der Waals surface area contributed by atoms with Crippen LogP contribution in [0.1, 0.15) is 44.2 Å². The van der Waals surface area contributed by atoms with Crippen LogP contribution in [0.25, 0.3) is 0 Å². The fourth-order valence-electron chi connectivity index (χ4n) is 2.26. The highest BCUT2D eigenvalue weighted by Crippen LogP contribution is 2.29. The highest BCUT2D eigenvalue weighted by Gasteiger charge is 2.29. The summed E-state index contributed by atoms with van der Waals surface area (Å²) in [4.78, 5) is 0. The van der Waals surface area contributed by atoms with Gasteiger partial charge in [-0.3, -0.25) is 0 Å². The molecule has 0 heterocycles. The molecule has 6 heteroatoms. The molecule has 0 bridgehead atoms. The maximum absolute atomic E-state index is 12.5. The molecular weight excluding hydrogens is 309 g/mol. The molecule has 22 heavy (non-hydrogen) atoms. The number of benzene rings is 1. The third kappa shape index (κ3) is 7.42. The molecule has 0 aliphatic rings. The lowest BCUT2D eigenvalue weighted by Crippen LogP contribution is -2.22. The average molecular weight is 334 g/mol. The fourth-order valence-corrected chi connectivity index (χ4v) is 4.06. The molecule has 0 N–H and O–H groups in total. The Morgan fingerprint density at radius 3 is 2.00 bits per heavy atom. The predicted molar refractivity (Wildman–Crippen MR) is 84.2 cm³/mol. The first-order valence-electron chi connectivity index (χ1n) is 7.86. The fraction of sp³-hybridized carbons (Fsp3) is 0.625. The molecule has 0 radical (unpaired) electrons. The molecule has 1 aromatic rings. The van der Waals surface area contributed by atoms with Gasteiger partial charge in [0, 0.05) is 13.2 Å². The van der Waals surface area contributed by atoms with E-state index in [1.807, 2.05) is 13.8 Å². The lowest BCUT2D eigenvalue weighted by molar-refractivity contribution is -0.137. The van der Waals surface area contributed by atoms with E-state index >= 15 is 0 Å². The molecule has 0 atom stereocenters. The highest BCUT2D eigenvalue weighted by atomic mass is 28.3. The van der Waals surface area contributed by atoms with Crippen molar-refractivity contribution in [2.45, 2.75) is 51.8 Å². The summed E-state index contributed by atoms with van der Waals surface area (Å²) in [5.74, 6) is 0. The van der Waals surface area contributed by atoms with Crippen molar-refractivity contribution in [1.82, 2.24) is 0 Å². The summed E-state index contributed by atoms with van der Waals surface area (Å²) < 4.78 is 48.6. The normalized spacial score (nSPS) is 12.1. The van der Waals surface area contributed by atoms with Crippen molar-refractivity contribution in [3.63, 3.8) is 0 Å². The van der Waals surface area contributed by atoms with E-state index in [4.69, 9.17) is 8.85 Å². The van der Waals surface area contributed by atoms with Crippen molar-refractivity contribution in [2.75, 3.05) is 13.2 Å². The van der Waals surface area contributed by atoms with E-state index in [2.05, 4.69) is 0 Å². The zero-order valence-electron chi connectivity index (χ0n) is 13.3. The zero-order valence-corrected chi connectivity index (χ0v) is 14.4. The molecular formula is C16H25F3O2Si. The van der Waals surface area contributed by atoms with Crippen LogP contribution >= 0.6 is 0 Å². The predicted octanol–water partition coefficient (Wildman–Crippen LogP) is 4.71. The molecule has 0 saturated carbocycles. The SMILES string of the molecule is CCO[SiH](CCCCCc1ccc(C(F)(F)F)cc1)OCC. The highest BCUT2D eigenvalue weighted by molar-refractivity contribution is 6.44. The lowest BCUT2D eigenvalue weighted by atomic mass is 10.1. The molecule has 0 amide bonds. The molecule has 0 aromatic heterocycles. The summed E-state index contributed by atoms with van der Waals surface area (Å²) in [6, 6.07) is 6.45. The van der Waals surface area contributed by atoms with Gasteiger partial charge in [-0.2, -0.15) is 13.2 Å². The summed E-state index contributed by atoms with van der Waals surface area (Å²) >= 11 is 0. The standard InChI is InChI=1S/C16H25F3O2Si/c1-3-20-22(21-4-2)13-7-5-6-8-14-9-11-15(12-10-14)16(17,18)19/h9-12,22H,3-8,13H2,1-2H3. The molecule has 0 fully saturated rings. The molecule has 0 saturated heterocycles. The Hall–Kier alpha value is -0.853. The second kappa shape index (κ2) is 10.0. The summed E-state index contributed by atoms with van der Waals surface area (Å²) in [6.45, 7) is 5.35. The molecule has 126 valence electrons. The van der Waals surface area contributed by atoms with E-state index in [0.29, 0.717) is 13.2 Å². The van der Waals surface area contributed by atoms with Gasteiger partial charge in [0.25, 0.3) is 0 Å². The van der Waals surface area contributed by atoms with Gasteiger partial charge in [0.05, 0.1) is 5.56 Å². The van der Waals surface area contributed by atoms with E-state index in [-0.39, 0.29) is 0 Å². The van der Waals surface area contributed by atoms with Crippen molar-refractivity contribution in [3.8, 4) is 0 Å². The molecule has 2 nitrogen and oxygen atoms in total. The van der Waals surface area contributed by atoms with Crippen molar-refractivity contribution >= 4 is 9.28 Å². The molecule has 0 aliphatic heterocycles. The quantitative estimate of drug-likeness (QED) is 0.456. The zero-order chi connectivity index (χ0) is 16.4. The van der Waals surface area contributed by atoms with Crippen molar-refractivity contribution in [2.24, 2.45) is 0 Å². The molecule has 1 rings (SSSR count). The first-order valence-corrected chi connectivity index (χ1v) is 9.62. The minimum atomic E-state index is -4.25. The Balaban J connectivity index is 2.24. The number of alkyl halides is 3. The van der Waals surface area contributed by atoms with Crippen LogP contribution in [0.4, 0.5) is 13.2 Å². The third-order valence-corrected chi connectivity index (χ3v) is 5.68. The Bertz CT molecular complexity index is 401. The summed E-state index contributed by atoms with van der Waals surface area (Å²) in [6.07, 6.45) is -0.364. The maximum Gasteiger partial charge on any atom is 0.416 e. The minimum Gasteiger partial charge on any atom is -0.397 e. The van der Waals surface area contributed by atoms with Gasteiger partial charge in [-0.05, 0) is 50.4 Å². The summed E-state index contributed by atoms with van der Waals surface area (Å²) in [5, 5.41) is 0. The smallest absolute Gasteiger partial charge is 0.397 e. The van der Waals surface area contributed by atoms with Crippen LogP contribution in [0, 0.1) is 0 Å². The van der Waals surface area contributed by atoms with Gasteiger partial charge >= 0.3 is 15.5 Å². The van der Waals surface area contributed by atoms with Gasteiger partial charge in [0.15, 0.2) is 0 Å². The maximum atomic E-state index is 12.5. The van der Waals surface area contributed by atoms with Crippen LogP contribution in [0.15, 0.2) is 24.3 Å². The number of halogens is 3. The van der Waals surface area contributed by atoms with Gasteiger partial charge < -0.3 is 8.85 Å². The first kappa shape index (κ1) is 19.2. The van der Waals surface area contributed by atoms with Crippen LogP contribution in [0.3, 0.4) is 0 Å². The van der Waals surface area contributed by atoms with Gasteiger partial charge in [-0.25, -0.2) is 0 Å². The van der Waals surface area contributed by atoms with Gasteiger partial charge in [0.2, 0.25) is 0 Å². The van der Waals surface area contributed by atoms with Crippen molar-refractivity contribution in [3.05, 3.63) is 35.4 Å². The number of aryl methyl sites for hydroxylation is 1. The van der Waals surface area contributed by atoms with Gasteiger partial charge in [0.1, 0.15) is 0 Å². The number of rotatable bonds is 10. The second-order valence-electron chi connectivity index (χ2n) is 5.13. The summed E-state index contributed by atoms with van der Waals surface area (Å²) in [5.41, 5.74) is 0.370. The number of unbranched alkanes of at least 4 members (excludes halogenated alkanes) is 2. The van der Waals surface area contributed by atoms with Crippen LogP contribution in [0.5, 0.6) is 0 Å². The molecule has 1 aromatic carbocycles. The van der Waals surface area contributed by atoms with Crippen LogP contribution in [-0.4, -0.2) is 22.5 Å². The molecule has 0 unspecified atom stereocenters. The lowest BCUT2D eigenvalue weighted by Gasteiger charge is -2.14. The van der Waals surface area contributed by atoms with Gasteiger partial charge in [-0.1, -0.05) is 25.0 Å². The van der Waals surface area contributed by atoms with E-state index in [0.717, 1.165) is 49.4 Å². The average Bonchev–Trinajstić information content (AvgIpc) is 2.47. The van der Waals surface area contributed by atoms with Crippen LogP contribution in [0.2, 0.25) is 6.04 Å². The van der Waals surface area contributed by atoms with E-state index in [9.17, 15) is 13.2 Å². The Kier molecular flexibility index (Phi) is 8.74. The Labute approximate surface area is 132 Å². The minimum absolute atomic E-state index is 0.585. The van der Waals surface area contributed by atoms with E-state index in [1.165, 1.54) is 0 Å². The largest absolute Gasteiger partial charge is 0.416 e. The molecule has 0 spiro atoms. The van der Waals surface area contributed by atoms with Crippen LogP contribution in [-0.2, 0) is 21.4 Å². The molecule has 0 aliphatic carbocycles. The third-order valence-electron chi connectivity index (χ3n) is 3.39. The summed E-state index contributed by atoms with van der Waals surface area (Å²) in [7, 11) is -1.50. The topological polar surface area (TPSA) is 18.5 Å². The number of hydrogen-bond acceptors (Lipinski definition) is 2. The van der Waals surface area contributed by atoms with Crippen LogP contribution < -0.4 is 0 Å². The van der Waals surface area contributed by atoms with E-state index in [1.54, 1.807) is 12.1 Å².